The fourth-order valence-electron chi connectivity index (χ4n) is 2.56. The van der Waals surface area contributed by atoms with Gasteiger partial charge in [0.15, 0.2) is 5.65 Å². The lowest BCUT2D eigenvalue weighted by Crippen LogP contribution is -2.17. The predicted molar refractivity (Wildman–Crippen MR) is 76.1 cm³/mol. The lowest BCUT2D eigenvalue weighted by atomic mass is 10.2. The number of pyridine rings is 1. The minimum absolute atomic E-state index is 0.302. The van der Waals surface area contributed by atoms with E-state index in [1.807, 2.05) is 11.8 Å². The summed E-state index contributed by atoms with van der Waals surface area (Å²) < 4.78 is 14.6. The highest BCUT2D eigenvalue weighted by Crippen LogP contribution is 2.31. The maximum atomic E-state index is 13.1. The van der Waals surface area contributed by atoms with Crippen molar-refractivity contribution >= 4 is 23.4 Å². The maximum Gasteiger partial charge on any atom is 0.243 e. The van der Waals surface area contributed by atoms with Crippen molar-refractivity contribution in [3.63, 3.8) is 0 Å². The molecule has 2 heterocycles. The molecule has 1 fully saturated rings. The van der Waals surface area contributed by atoms with Gasteiger partial charge in [0, 0.05) is 11.3 Å². The van der Waals surface area contributed by atoms with Crippen LogP contribution in [0.4, 0.5) is 10.3 Å². The van der Waals surface area contributed by atoms with Crippen LogP contribution in [0.15, 0.2) is 18.3 Å². The fraction of sp³-hybridized carbons (Fsp3) is 0.538. The van der Waals surface area contributed by atoms with E-state index in [2.05, 4.69) is 22.3 Å². The largest absolute Gasteiger partial charge is 0.350 e. The SMILES string of the molecule is CCSC1CCC(Nc2nc3ccc(F)cn3n2)C1. The Labute approximate surface area is 115 Å². The monoisotopic (exact) mass is 280 g/mol. The highest BCUT2D eigenvalue weighted by atomic mass is 32.2. The summed E-state index contributed by atoms with van der Waals surface area (Å²) in [6.45, 7) is 2.20. The van der Waals surface area contributed by atoms with Crippen LogP contribution in [0.1, 0.15) is 26.2 Å². The van der Waals surface area contributed by atoms with Gasteiger partial charge in [0.25, 0.3) is 0 Å². The second-order valence-corrected chi connectivity index (χ2v) is 6.39. The Bertz CT molecular complexity index is 571. The molecule has 1 aliphatic carbocycles. The van der Waals surface area contributed by atoms with Gasteiger partial charge >= 0.3 is 0 Å². The van der Waals surface area contributed by atoms with Gasteiger partial charge in [-0.15, -0.1) is 5.10 Å². The summed E-state index contributed by atoms with van der Waals surface area (Å²) in [7, 11) is 0. The molecule has 0 radical (unpaired) electrons. The Balaban J connectivity index is 1.68. The summed E-state index contributed by atoms with van der Waals surface area (Å²) in [5, 5.41) is 8.36. The molecule has 0 aliphatic heterocycles. The fourth-order valence-corrected chi connectivity index (χ4v) is 3.70. The number of thioether (sulfide) groups is 1. The number of hydrogen-bond acceptors (Lipinski definition) is 4. The number of rotatable bonds is 4. The molecule has 6 heteroatoms. The second kappa shape index (κ2) is 5.36. The lowest BCUT2D eigenvalue weighted by Gasteiger charge is -2.10. The van der Waals surface area contributed by atoms with Gasteiger partial charge in [0.2, 0.25) is 5.95 Å². The number of hydrogen-bond donors (Lipinski definition) is 1. The van der Waals surface area contributed by atoms with Gasteiger partial charge in [0.05, 0.1) is 6.20 Å². The summed E-state index contributed by atoms with van der Waals surface area (Å²) in [4.78, 5) is 4.36. The third-order valence-electron chi connectivity index (χ3n) is 3.41. The lowest BCUT2D eigenvalue weighted by molar-refractivity contribution is 0.614. The molecule has 2 atom stereocenters. The van der Waals surface area contributed by atoms with Crippen LogP contribution in [0, 0.1) is 5.82 Å². The normalized spacial score (nSPS) is 23.1. The molecular weight excluding hydrogens is 263 g/mol. The van der Waals surface area contributed by atoms with Crippen LogP contribution in [0.25, 0.3) is 5.65 Å². The van der Waals surface area contributed by atoms with E-state index in [9.17, 15) is 4.39 Å². The van der Waals surface area contributed by atoms with Crippen molar-refractivity contribution in [2.24, 2.45) is 0 Å². The molecule has 2 aromatic heterocycles. The zero-order chi connectivity index (χ0) is 13.2. The van der Waals surface area contributed by atoms with Crippen LogP contribution in [-0.2, 0) is 0 Å². The highest BCUT2D eigenvalue weighted by Gasteiger charge is 2.25. The number of anilines is 1. The zero-order valence-corrected chi connectivity index (χ0v) is 11.7. The third kappa shape index (κ3) is 2.83. The Morgan fingerprint density at radius 2 is 2.37 bits per heavy atom. The second-order valence-electron chi connectivity index (χ2n) is 4.82. The van der Waals surface area contributed by atoms with Gasteiger partial charge in [-0.3, -0.25) is 0 Å². The summed E-state index contributed by atoms with van der Waals surface area (Å²) in [6, 6.07) is 3.47. The van der Waals surface area contributed by atoms with Crippen molar-refractivity contribution in [1.29, 1.82) is 0 Å². The molecule has 102 valence electrons. The third-order valence-corrected chi connectivity index (χ3v) is 4.65. The molecule has 1 aliphatic rings. The van der Waals surface area contributed by atoms with Crippen molar-refractivity contribution in [2.75, 3.05) is 11.1 Å². The smallest absolute Gasteiger partial charge is 0.243 e. The standard InChI is InChI=1S/C13H17FN4S/c1-2-19-11-5-4-10(7-11)15-13-16-12-6-3-9(14)8-18(12)17-13/h3,6,8,10-11H,2,4-5,7H2,1H3,(H,15,17). The quantitative estimate of drug-likeness (QED) is 0.935. The molecule has 3 rings (SSSR count). The highest BCUT2D eigenvalue weighted by molar-refractivity contribution is 7.99. The van der Waals surface area contributed by atoms with Gasteiger partial charge in [-0.25, -0.2) is 8.91 Å². The first-order valence-corrected chi connectivity index (χ1v) is 7.69. The van der Waals surface area contributed by atoms with E-state index in [0.717, 1.165) is 18.1 Å². The van der Waals surface area contributed by atoms with Gasteiger partial charge in [-0.1, -0.05) is 6.92 Å². The number of fused-ring (bicyclic) bond motifs is 1. The van der Waals surface area contributed by atoms with Crippen molar-refractivity contribution in [2.45, 2.75) is 37.5 Å². The molecular formula is C13H17FN4S. The number of nitrogens with one attached hydrogen (secondary N) is 1. The average Bonchev–Trinajstić information content (AvgIpc) is 2.96. The molecule has 1 saturated carbocycles. The van der Waals surface area contributed by atoms with Gasteiger partial charge < -0.3 is 5.32 Å². The zero-order valence-electron chi connectivity index (χ0n) is 10.8. The van der Waals surface area contributed by atoms with Gasteiger partial charge in [0.1, 0.15) is 5.82 Å². The summed E-state index contributed by atoms with van der Waals surface area (Å²) >= 11 is 2.02. The summed E-state index contributed by atoms with van der Waals surface area (Å²) in [5.74, 6) is 1.46. The van der Waals surface area contributed by atoms with E-state index >= 15 is 0 Å². The van der Waals surface area contributed by atoms with Crippen LogP contribution in [-0.4, -0.2) is 31.6 Å². The molecule has 1 N–H and O–H groups in total. The minimum atomic E-state index is -0.302. The predicted octanol–water partition coefficient (Wildman–Crippen LogP) is 2.95. The van der Waals surface area contributed by atoms with Gasteiger partial charge in [-0.05, 0) is 37.1 Å². The number of nitrogens with zero attached hydrogens (tertiary/aromatic N) is 3. The van der Waals surface area contributed by atoms with Crippen LogP contribution in [0.3, 0.4) is 0 Å². The molecule has 19 heavy (non-hydrogen) atoms. The Morgan fingerprint density at radius 3 is 3.21 bits per heavy atom. The molecule has 4 nitrogen and oxygen atoms in total. The van der Waals surface area contributed by atoms with E-state index in [1.54, 1.807) is 6.07 Å². The first-order valence-electron chi connectivity index (χ1n) is 6.64. The van der Waals surface area contributed by atoms with E-state index in [0.29, 0.717) is 17.6 Å². The Morgan fingerprint density at radius 1 is 1.47 bits per heavy atom. The molecule has 0 saturated heterocycles. The number of halogens is 1. The van der Waals surface area contributed by atoms with Crippen LogP contribution < -0.4 is 5.32 Å². The van der Waals surface area contributed by atoms with E-state index in [4.69, 9.17) is 0 Å². The molecule has 2 aromatic rings. The molecule has 0 spiro atoms. The first kappa shape index (κ1) is 12.7. The molecule has 0 aromatic carbocycles. The van der Waals surface area contributed by atoms with Crippen molar-refractivity contribution in [1.82, 2.24) is 14.6 Å². The number of aromatic nitrogens is 3. The molecule has 0 amide bonds. The summed E-state index contributed by atoms with van der Waals surface area (Å²) in [5.41, 5.74) is 0.668. The van der Waals surface area contributed by atoms with Crippen LogP contribution in [0.2, 0.25) is 0 Å². The van der Waals surface area contributed by atoms with Crippen molar-refractivity contribution < 1.29 is 4.39 Å². The van der Waals surface area contributed by atoms with E-state index < -0.39 is 0 Å². The first-order chi connectivity index (χ1) is 9.24. The van der Waals surface area contributed by atoms with E-state index in [-0.39, 0.29) is 5.82 Å². The topological polar surface area (TPSA) is 42.2 Å². The summed E-state index contributed by atoms with van der Waals surface area (Å²) in [6.07, 6.45) is 4.90. The van der Waals surface area contributed by atoms with Crippen molar-refractivity contribution in [3.8, 4) is 0 Å². The van der Waals surface area contributed by atoms with Crippen LogP contribution >= 0.6 is 11.8 Å². The Kier molecular flexibility index (Phi) is 3.59. The molecule has 2 unspecified atom stereocenters. The average molecular weight is 280 g/mol. The van der Waals surface area contributed by atoms with Crippen LogP contribution in [0.5, 0.6) is 0 Å². The van der Waals surface area contributed by atoms with E-state index in [1.165, 1.54) is 29.0 Å². The maximum absolute atomic E-state index is 13.1. The van der Waals surface area contributed by atoms with Gasteiger partial charge in [-0.2, -0.15) is 16.7 Å². The van der Waals surface area contributed by atoms with Crippen molar-refractivity contribution in [3.05, 3.63) is 24.1 Å². The minimum Gasteiger partial charge on any atom is -0.350 e. The molecule has 0 bridgehead atoms. The Hall–Kier alpha value is -1.30.